The molecule has 0 saturated heterocycles. The summed E-state index contributed by atoms with van der Waals surface area (Å²) in [5.74, 6) is -2.24. The van der Waals surface area contributed by atoms with Gasteiger partial charge in [-0.25, -0.2) is 9.18 Å². The zero-order valence-corrected chi connectivity index (χ0v) is 13.6. The first kappa shape index (κ1) is 18.3. The second kappa shape index (κ2) is 7.71. The molecule has 0 heterocycles. The molecule has 2 rings (SSSR count). The average molecular weight is 367 g/mol. The van der Waals surface area contributed by atoms with Crippen LogP contribution in [0, 0.1) is 15.9 Å². The van der Waals surface area contributed by atoms with Crippen LogP contribution in [0.5, 0.6) is 0 Å². The van der Waals surface area contributed by atoms with Gasteiger partial charge in [0.15, 0.2) is 6.10 Å². The Hall–Kier alpha value is -3.00. The maximum absolute atomic E-state index is 13.1. The minimum absolute atomic E-state index is 0.00882. The Bertz CT molecular complexity index is 843. The smallest absolute Gasteiger partial charge is 0.339 e. The minimum atomic E-state index is -1.23. The maximum atomic E-state index is 13.1. The normalized spacial score (nSPS) is 11.5. The summed E-state index contributed by atoms with van der Waals surface area (Å²) in [4.78, 5) is 34.1. The fourth-order valence-electron chi connectivity index (χ4n) is 1.85. The van der Waals surface area contributed by atoms with E-state index in [1.807, 2.05) is 0 Å². The lowest BCUT2D eigenvalue weighted by molar-refractivity contribution is -0.384. The first-order valence-electron chi connectivity index (χ1n) is 6.99. The quantitative estimate of drug-likeness (QED) is 0.495. The largest absolute Gasteiger partial charge is 0.449 e. The molecule has 0 radical (unpaired) electrons. The second-order valence-corrected chi connectivity index (χ2v) is 5.38. The van der Waals surface area contributed by atoms with Crippen LogP contribution < -0.4 is 5.32 Å². The summed E-state index contributed by atoms with van der Waals surface area (Å²) < 4.78 is 18.1. The molecular formula is C16H12ClFN2O5. The summed E-state index contributed by atoms with van der Waals surface area (Å²) in [7, 11) is 0. The van der Waals surface area contributed by atoms with E-state index in [0.717, 1.165) is 18.2 Å². The molecule has 7 nitrogen and oxygen atoms in total. The zero-order chi connectivity index (χ0) is 18.6. The van der Waals surface area contributed by atoms with Gasteiger partial charge in [-0.15, -0.1) is 0 Å². The average Bonchev–Trinajstić information content (AvgIpc) is 2.56. The van der Waals surface area contributed by atoms with Gasteiger partial charge in [-0.05, 0) is 31.2 Å². The number of carbonyl (C=O) groups excluding carboxylic acids is 2. The summed E-state index contributed by atoms with van der Waals surface area (Å²) in [6.45, 7) is 1.30. The SMILES string of the molecule is CC(OC(=O)c1cccc(F)c1)C(=O)Nc1cc([N+](=O)[O-])ccc1Cl. The number of nitrogens with zero attached hydrogens (tertiary/aromatic N) is 1. The predicted octanol–water partition coefficient (Wildman–Crippen LogP) is 3.57. The van der Waals surface area contributed by atoms with Gasteiger partial charge >= 0.3 is 5.97 Å². The van der Waals surface area contributed by atoms with E-state index in [-0.39, 0.29) is 22.0 Å². The van der Waals surface area contributed by atoms with Crippen molar-refractivity contribution in [1.29, 1.82) is 0 Å². The lowest BCUT2D eigenvalue weighted by Crippen LogP contribution is -2.30. The van der Waals surface area contributed by atoms with Crippen LogP contribution in [0.25, 0.3) is 0 Å². The summed E-state index contributed by atoms with van der Waals surface area (Å²) in [5, 5.41) is 13.2. The molecule has 1 N–H and O–H groups in total. The predicted molar refractivity (Wildman–Crippen MR) is 88.0 cm³/mol. The number of anilines is 1. The van der Waals surface area contributed by atoms with Crippen LogP contribution in [0.3, 0.4) is 0 Å². The van der Waals surface area contributed by atoms with E-state index in [9.17, 15) is 24.1 Å². The summed E-state index contributed by atoms with van der Waals surface area (Å²) in [6, 6.07) is 8.35. The van der Waals surface area contributed by atoms with E-state index < -0.39 is 28.7 Å². The summed E-state index contributed by atoms with van der Waals surface area (Å²) in [5.41, 5.74) is -0.299. The third-order valence-corrected chi connectivity index (χ3v) is 3.46. The number of hydrogen-bond donors (Lipinski definition) is 1. The first-order chi connectivity index (χ1) is 11.8. The van der Waals surface area contributed by atoms with Crippen LogP contribution in [0.1, 0.15) is 17.3 Å². The van der Waals surface area contributed by atoms with E-state index >= 15 is 0 Å². The van der Waals surface area contributed by atoms with Crippen LogP contribution in [0.2, 0.25) is 5.02 Å². The number of nitrogens with one attached hydrogen (secondary N) is 1. The van der Waals surface area contributed by atoms with Crippen molar-refractivity contribution in [3.8, 4) is 0 Å². The number of carbonyl (C=O) groups is 2. The standard InChI is InChI=1S/C16H12ClFN2O5/c1-9(25-16(22)10-3-2-4-11(18)7-10)15(21)19-14-8-12(20(23)24)5-6-13(14)17/h2-9H,1H3,(H,19,21). The number of nitro benzene ring substituents is 1. The molecule has 0 aromatic heterocycles. The molecule has 0 aliphatic rings. The fraction of sp³-hybridized carbons (Fsp3) is 0.125. The van der Waals surface area contributed by atoms with Crippen molar-refractivity contribution >= 4 is 34.9 Å². The number of hydrogen-bond acceptors (Lipinski definition) is 5. The van der Waals surface area contributed by atoms with Crippen molar-refractivity contribution in [3.63, 3.8) is 0 Å². The Kier molecular flexibility index (Phi) is 5.66. The number of non-ortho nitro benzene ring substituents is 1. The Morgan fingerprint density at radius 2 is 2.00 bits per heavy atom. The van der Waals surface area contributed by atoms with Gasteiger partial charge in [0.2, 0.25) is 0 Å². The summed E-state index contributed by atoms with van der Waals surface area (Å²) >= 11 is 5.88. The first-order valence-corrected chi connectivity index (χ1v) is 7.37. The zero-order valence-electron chi connectivity index (χ0n) is 12.9. The molecule has 0 aliphatic carbocycles. The van der Waals surface area contributed by atoms with E-state index in [0.29, 0.717) is 0 Å². The van der Waals surface area contributed by atoms with Gasteiger partial charge in [-0.1, -0.05) is 17.7 Å². The molecule has 25 heavy (non-hydrogen) atoms. The van der Waals surface area contributed by atoms with Crippen LogP contribution in [0.15, 0.2) is 42.5 Å². The van der Waals surface area contributed by atoms with E-state index in [1.54, 1.807) is 0 Å². The van der Waals surface area contributed by atoms with Crippen LogP contribution in [0.4, 0.5) is 15.8 Å². The van der Waals surface area contributed by atoms with Crippen LogP contribution in [-0.4, -0.2) is 22.9 Å². The highest BCUT2D eigenvalue weighted by molar-refractivity contribution is 6.33. The third kappa shape index (κ3) is 4.74. The van der Waals surface area contributed by atoms with Gasteiger partial charge < -0.3 is 10.1 Å². The highest BCUT2D eigenvalue weighted by atomic mass is 35.5. The van der Waals surface area contributed by atoms with Crippen LogP contribution in [-0.2, 0) is 9.53 Å². The molecule has 9 heteroatoms. The van der Waals surface area contributed by atoms with Crippen molar-refractivity contribution in [2.75, 3.05) is 5.32 Å². The molecule has 0 spiro atoms. The Morgan fingerprint density at radius 3 is 2.64 bits per heavy atom. The van der Waals surface area contributed by atoms with Crippen molar-refractivity contribution in [3.05, 3.63) is 69.0 Å². The molecule has 0 aliphatic heterocycles. The van der Waals surface area contributed by atoms with E-state index in [4.69, 9.17) is 16.3 Å². The molecule has 1 unspecified atom stereocenters. The number of nitro groups is 1. The highest BCUT2D eigenvalue weighted by Crippen LogP contribution is 2.26. The summed E-state index contributed by atoms with van der Waals surface area (Å²) in [6.07, 6.45) is -1.23. The fourth-order valence-corrected chi connectivity index (χ4v) is 2.02. The topological polar surface area (TPSA) is 98.5 Å². The molecule has 1 amide bonds. The molecule has 0 saturated carbocycles. The highest BCUT2D eigenvalue weighted by Gasteiger charge is 2.21. The number of benzene rings is 2. The molecule has 130 valence electrons. The second-order valence-electron chi connectivity index (χ2n) is 4.97. The van der Waals surface area contributed by atoms with Crippen molar-refractivity contribution in [2.45, 2.75) is 13.0 Å². The Morgan fingerprint density at radius 1 is 1.28 bits per heavy atom. The molecular weight excluding hydrogens is 355 g/mol. The number of rotatable bonds is 5. The van der Waals surface area contributed by atoms with Gasteiger partial charge in [0.25, 0.3) is 11.6 Å². The Balaban J connectivity index is 2.07. The van der Waals surface area contributed by atoms with Gasteiger partial charge in [0, 0.05) is 12.1 Å². The van der Waals surface area contributed by atoms with Crippen molar-refractivity contribution in [2.24, 2.45) is 0 Å². The number of halogens is 2. The van der Waals surface area contributed by atoms with E-state index in [2.05, 4.69) is 5.32 Å². The minimum Gasteiger partial charge on any atom is -0.449 e. The molecule has 0 fully saturated rings. The van der Waals surface area contributed by atoms with Crippen molar-refractivity contribution < 1.29 is 23.6 Å². The van der Waals surface area contributed by atoms with Crippen LogP contribution >= 0.6 is 11.6 Å². The van der Waals surface area contributed by atoms with E-state index in [1.165, 1.54) is 31.2 Å². The third-order valence-electron chi connectivity index (χ3n) is 3.13. The lowest BCUT2D eigenvalue weighted by atomic mass is 10.2. The van der Waals surface area contributed by atoms with Gasteiger partial charge in [0.05, 0.1) is 21.2 Å². The molecule has 1 atom stereocenters. The monoisotopic (exact) mass is 366 g/mol. The Labute approximate surface area is 146 Å². The lowest BCUT2D eigenvalue weighted by Gasteiger charge is -2.14. The maximum Gasteiger partial charge on any atom is 0.339 e. The van der Waals surface area contributed by atoms with Crippen molar-refractivity contribution in [1.82, 2.24) is 0 Å². The van der Waals surface area contributed by atoms with Gasteiger partial charge in [0.1, 0.15) is 5.82 Å². The number of ether oxygens (including phenoxy) is 1. The number of amides is 1. The van der Waals surface area contributed by atoms with Gasteiger partial charge in [-0.2, -0.15) is 0 Å². The van der Waals surface area contributed by atoms with Gasteiger partial charge in [-0.3, -0.25) is 14.9 Å². The molecule has 2 aromatic rings. The molecule has 0 bridgehead atoms. The molecule has 2 aromatic carbocycles. The number of esters is 1.